The lowest BCUT2D eigenvalue weighted by atomic mass is 10.0. The Morgan fingerprint density at radius 3 is 2.88 bits per heavy atom. The lowest BCUT2D eigenvalue weighted by molar-refractivity contribution is -0.129. The smallest absolute Gasteiger partial charge is 0.219 e. The first kappa shape index (κ1) is 11.6. The molecular weight excluding hydrogens is 220 g/mol. The van der Waals surface area contributed by atoms with E-state index in [-0.39, 0.29) is 5.91 Å². The minimum absolute atomic E-state index is 0.205. The summed E-state index contributed by atoms with van der Waals surface area (Å²) in [5, 5.41) is 7.84. The maximum atomic E-state index is 11.2. The summed E-state index contributed by atoms with van der Waals surface area (Å²) in [5.41, 5.74) is 1.36. The number of carbonyl (C=O) groups excluding carboxylic acids is 1. The molecule has 3 nitrogen and oxygen atoms in total. The summed E-state index contributed by atoms with van der Waals surface area (Å²) in [5.74, 6) is 0.205. The fourth-order valence-electron chi connectivity index (χ4n) is 2.05. The van der Waals surface area contributed by atoms with E-state index in [4.69, 9.17) is 0 Å². The van der Waals surface area contributed by atoms with Gasteiger partial charge < -0.3 is 10.2 Å². The van der Waals surface area contributed by atoms with Gasteiger partial charge in [-0.2, -0.15) is 11.3 Å². The molecule has 0 spiro atoms. The van der Waals surface area contributed by atoms with Gasteiger partial charge in [0.2, 0.25) is 5.91 Å². The number of thiophene rings is 1. The average molecular weight is 238 g/mol. The van der Waals surface area contributed by atoms with Crippen molar-refractivity contribution in [1.29, 1.82) is 0 Å². The monoisotopic (exact) mass is 238 g/mol. The molecule has 0 radical (unpaired) electrons. The minimum atomic E-state index is 0.205. The van der Waals surface area contributed by atoms with E-state index in [1.807, 2.05) is 4.90 Å². The number of nitrogens with zero attached hydrogens (tertiary/aromatic N) is 1. The van der Waals surface area contributed by atoms with E-state index >= 15 is 0 Å². The first-order valence-corrected chi connectivity index (χ1v) is 6.70. The number of carbonyl (C=O) groups is 1. The van der Waals surface area contributed by atoms with E-state index in [2.05, 4.69) is 22.1 Å². The van der Waals surface area contributed by atoms with Gasteiger partial charge in [0.1, 0.15) is 0 Å². The summed E-state index contributed by atoms with van der Waals surface area (Å²) in [4.78, 5) is 13.1. The average Bonchev–Trinajstić information content (AvgIpc) is 2.80. The Morgan fingerprint density at radius 2 is 2.31 bits per heavy atom. The zero-order valence-corrected chi connectivity index (χ0v) is 10.4. The molecule has 1 N–H and O–H groups in total. The third-order valence-corrected chi connectivity index (χ3v) is 3.85. The maximum Gasteiger partial charge on any atom is 0.219 e. The third kappa shape index (κ3) is 3.06. The molecule has 1 aromatic rings. The fraction of sp³-hybridized carbons (Fsp3) is 0.583. The molecule has 1 saturated heterocycles. The minimum Gasteiger partial charge on any atom is -0.343 e. The first-order chi connectivity index (χ1) is 7.75. The molecule has 2 heterocycles. The molecule has 1 aliphatic heterocycles. The molecule has 88 valence electrons. The van der Waals surface area contributed by atoms with Crippen LogP contribution >= 0.6 is 11.3 Å². The number of piperidine rings is 1. The van der Waals surface area contributed by atoms with E-state index in [0.29, 0.717) is 6.04 Å². The molecule has 1 fully saturated rings. The summed E-state index contributed by atoms with van der Waals surface area (Å²) in [6.07, 6.45) is 2.15. The maximum absolute atomic E-state index is 11.2. The number of hydrogen-bond acceptors (Lipinski definition) is 3. The summed E-state index contributed by atoms with van der Waals surface area (Å²) in [7, 11) is 0. The Morgan fingerprint density at radius 1 is 1.56 bits per heavy atom. The summed E-state index contributed by atoms with van der Waals surface area (Å²) >= 11 is 1.74. The summed E-state index contributed by atoms with van der Waals surface area (Å²) < 4.78 is 0. The van der Waals surface area contributed by atoms with Crippen LogP contribution in [0.1, 0.15) is 25.3 Å². The third-order valence-electron chi connectivity index (χ3n) is 3.12. The molecule has 0 saturated carbocycles. The number of rotatable bonds is 3. The van der Waals surface area contributed by atoms with Crippen LogP contribution in [0.15, 0.2) is 16.8 Å². The van der Waals surface area contributed by atoms with E-state index in [1.54, 1.807) is 18.3 Å². The molecule has 0 bridgehead atoms. The summed E-state index contributed by atoms with van der Waals surface area (Å²) in [6, 6.07) is 2.72. The van der Waals surface area contributed by atoms with Gasteiger partial charge in [0, 0.05) is 32.6 Å². The van der Waals surface area contributed by atoms with Gasteiger partial charge in [-0.25, -0.2) is 0 Å². The van der Waals surface area contributed by atoms with Crippen LogP contribution < -0.4 is 5.32 Å². The predicted octanol–water partition coefficient (Wildman–Crippen LogP) is 1.85. The van der Waals surface area contributed by atoms with Crippen LogP contribution in [0, 0.1) is 0 Å². The van der Waals surface area contributed by atoms with E-state index < -0.39 is 0 Å². The van der Waals surface area contributed by atoms with Crippen LogP contribution in [-0.2, 0) is 11.3 Å². The number of nitrogens with one attached hydrogen (secondary N) is 1. The number of hydrogen-bond donors (Lipinski definition) is 1. The van der Waals surface area contributed by atoms with E-state index in [9.17, 15) is 4.79 Å². The second-order valence-electron chi connectivity index (χ2n) is 4.29. The van der Waals surface area contributed by atoms with Gasteiger partial charge in [0.15, 0.2) is 0 Å². The quantitative estimate of drug-likeness (QED) is 0.871. The van der Waals surface area contributed by atoms with Gasteiger partial charge in [-0.3, -0.25) is 4.79 Å². The van der Waals surface area contributed by atoms with Crippen molar-refractivity contribution in [2.75, 3.05) is 13.1 Å². The van der Waals surface area contributed by atoms with Crippen LogP contribution in [0.5, 0.6) is 0 Å². The second kappa shape index (κ2) is 5.46. The van der Waals surface area contributed by atoms with E-state index in [0.717, 1.165) is 32.5 Å². The molecule has 1 amide bonds. The number of amides is 1. The molecule has 0 aliphatic carbocycles. The lowest BCUT2D eigenvalue weighted by Crippen LogP contribution is -2.43. The standard InChI is InChI=1S/C12H18N2OS/c1-10(15)14-5-2-12(3-6-14)13-8-11-4-7-16-9-11/h4,7,9,12-13H,2-3,5-6,8H2,1H3. The molecule has 0 atom stereocenters. The molecular formula is C12H18N2OS. The van der Waals surface area contributed by atoms with Crippen molar-refractivity contribution < 1.29 is 4.79 Å². The van der Waals surface area contributed by atoms with Crippen LogP contribution in [0.3, 0.4) is 0 Å². The largest absolute Gasteiger partial charge is 0.343 e. The predicted molar refractivity (Wildman–Crippen MR) is 66.4 cm³/mol. The Kier molecular flexibility index (Phi) is 3.96. The van der Waals surface area contributed by atoms with Crippen LogP contribution in [0.2, 0.25) is 0 Å². The van der Waals surface area contributed by atoms with Crippen LogP contribution in [0.4, 0.5) is 0 Å². The molecule has 2 rings (SSSR count). The van der Waals surface area contributed by atoms with Crippen molar-refractivity contribution in [2.24, 2.45) is 0 Å². The van der Waals surface area contributed by atoms with Gasteiger partial charge in [-0.15, -0.1) is 0 Å². The van der Waals surface area contributed by atoms with Crippen molar-refractivity contribution in [2.45, 2.75) is 32.4 Å². The van der Waals surface area contributed by atoms with Gasteiger partial charge in [0.05, 0.1) is 0 Å². The van der Waals surface area contributed by atoms with Crippen molar-refractivity contribution >= 4 is 17.2 Å². The zero-order chi connectivity index (χ0) is 11.4. The van der Waals surface area contributed by atoms with Crippen molar-refractivity contribution in [3.63, 3.8) is 0 Å². The van der Waals surface area contributed by atoms with Crippen molar-refractivity contribution in [3.8, 4) is 0 Å². The lowest BCUT2D eigenvalue weighted by Gasteiger charge is -2.31. The van der Waals surface area contributed by atoms with Crippen molar-refractivity contribution in [1.82, 2.24) is 10.2 Å². The summed E-state index contributed by atoms with van der Waals surface area (Å²) in [6.45, 7) is 4.40. The Balaban J connectivity index is 1.71. The Labute approximate surface area is 100 Å². The molecule has 4 heteroatoms. The Bertz CT molecular complexity index is 329. The highest BCUT2D eigenvalue weighted by Gasteiger charge is 2.19. The molecule has 1 aliphatic rings. The van der Waals surface area contributed by atoms with Gasteiger partial charge >= 0.3 is 0 Å². The molecule has 16 heavy (non-hydrogen) atoms. The molecule has 0 aromatic carbocycles. The van der Waals surface area contributed by atoms with Crippen LogP contribution in [-0.4, -0.2) is 29.9 Å². The molecule has 1 aromatic heterocycles. The van der Waals surface area contributed by atoms with Gasteiger partial charge in [-0.05, 0) is 35.2 Å². The highest BCUT2D eigenvalue weighted by molar-refractivity contribution is 7.07. The van der Waals surface area contributed by atoms with Gasteiger partial charge in [0.25, 0.3) is 0 Å². The zero-order valence-electron chi connectivity index (χ0n) is 9.61. The fourth-order valence-corrected chi connectivity index (χ4v) is 2.72. The SMILES string of the molecule is CC(=O)N1CCC(NCc2ccsc2)CC1. The second-order valence-corrected chi connectivity index (χ2v) is 5.07. The Hall–Kier alpha value is -0.870. The van der Waals surface area contributed by atoms with Crippen LogP contribution in [0.25, 0.3) is 0 Å². The highest BCUT2D eigenvalue weighted by atomic mass is 32.1. The first-order valence-electron chi connectivity index (χ1n) is 5.75. The van der Waals surface area contributed by atoms with E-state index in [1.165, 1.54) is 5.56 Å². The number of likely N-dealkylation sites (tertiary alicyclic amines) is 1. The topological polar surface area (TPSA) is 32.3 Å². The highest BCUT2D eigenvalue weighted by Crippen LogP contribution is 2.12. The van der Waals surface area contributed by atoms with Crippen molar-refractivity contribution in [3.05, 3.63) is 22.4 Å². The van der Waals surface area contributed by atoms with Gasteiger partial charge in [-0.1, -0.05) is 0 Å². The normalized spacial score (nSPS) is 17.7. The molecule has 0 unspecified atom stereocenters.